The van der Waals surface area contributed by atoms with Crippen molar-refractivity contribution in [1.82, 2.24) is 14.5 Å². The van der Waals surface area contributed by atoms with Crippen LogP contribution in [-0.4, -0.2) is 58.2 Å². The Balaban J connectivity index is 1.99. The molecule has 3 N–H and O–H groups in total. The normalized spacial score (nSPS) is 19.8. The second-order valence-electron chi connectivity index (χ2n) is 8.99. The van der Waals surface area contributed by atoms with Crippen LogP contribution in [0.2, 0.25) is 0 Å². The average Bonchev–Trinajstić information content (AvgIpc) is 3.20. The van der Waals surface area contributed by atoms with Gasteiger partial charge in [-0.05, 0) is 33.1 Å². The van der Waals surface area contributed by atoms with Gasteiger partial charge in [0.25, 0.3) is 5.56 Å². The first-order chi connectivity index (χ1) is 14.3. The van der Waals surface area contributed by atoms with E-state index in [0.717, 1.165) is 38.5 Å². The molecule has 2 heterocycles. The van der Waals surface area contributed by atoms with E-state index in [0.29, 0.717) is 26.3 Å². The molecule has 1 aliphatic carbocycles. The largest absolute Gasteiger partial charge is 0.383 e. The number of anilines is 2. The Labute approximate surface area is 177 Å². The molecule has 2 fully saturated rings. The molecule has 9 heteroatoms. The summed E-state index contributed by atoms with van der Waals surface area (Å²) in [6, 6.07) is -0.0813. The van der Waals surface area contributed by atoms with Crippen molar-refractivity contribution < 1.29 is 9.53 Å². The topological polar surface area (TPSA) is 114 Å². The fourth-order valence-corrected chi connectivity index (χ4v) is 4.44. The monoisotopic (exact) mass is 421 g/mol. The number of aromatic nitrogens is 2. The summed E-state index contributed by atoms with van der Waals surface area (Å²) in [5.41, 5.74) is 5.07. The summed E-state index contributed by atoms with van der Waals surface area (Å²) >= 11 is 0. The van der Waals surface area contributed by atoms with Crippen LogP contribution >= 0.6 is 0 Å². The van der Waals surface area contributed by atoms with Crippen molar-refractivity contribution in [2.75, 3.05) is 36.9 Å². The van der Waals surface area contributed by atoms with Gasteiger partial charge in [-0.1, -0.05) is 26.2 Å². The number of ether oxygens (including phenoxy) is 1. The number of nitrogens with two attached hydrogens (primary N) is 1. The number of H-pyrrole nitrogens is 1. The Kier molecular flexibility index (Phi) is 7.02. The van der Waals surface area contributed by atoms with Crippen LogP contribution in [0.4, 0.5) is 11.5 Å². The smallest absolute Gasteiger partial charge is 0.330 e. The van der Waals surface area contributed by atoms with Crippen LogP contribution in [0.5, 0.6) is 0 Å². The fourth-order valence-electron chi connectivity index (χ4n) is 4.44. The van der Waals surface area contributed by atoms with Gasteiger partial charge in [-0.15, -0.1) is 0 Å². The van der Waals surface area contributed by atoms with Gasteiger partial charge in [0.15, 0.2) is 5.69 Å². The molecule has 3 rings (SSSR count). The average molecular weight is 422 g/mol. The molecular formula is C21H35N5O4. The third kappa shape index (κ3) is 4.62. The number of nitrogen functional groups attached to an aromatic ring is 1. The summed E-state index contributed by atoms with van der Waals surface area (Å²) in [4.78, 5) is 44.8. The van der Waals surface area contributed by atoms with Gasteiger partial charge in [-0.25, -0.2) is 4.79 Å². The van der Waals surface area contributed by atoms with E-state index in [1.165, 1.54) is 4.57 Å². The SMILES string of the molecule is CCCCn1c(N)c(N(C(=O)CN2CCOCC2(C)C)C2CCCC2)c(=O)[nH]c1=O. The number of unbranched alkanes of at least 4 members (excludes halogenated alkanes) is 1. The highest BCUT2D eigenvalue weighted by Gasteiger charge is 2.37. The van der Waals surface area contributed by atoms with E-state index >= 15 is 0 Å². The first-order valence-electron chi connectivity index (χ1n) is 11.0. The molecule has 0 bridgehead atoms. The van der Waals surface area contributed by atoms with E-state index in [1.54, 1.807) is 4.90 Å². The molecule has 0 atom stereocenters. The first-order valence-corrected chi connectivity index (χ1v) is 11.0. The molecule has 9 nitrogen and oxygen atoms in total. The van der Waals surface area contributed by atoms with Crippen LogP contribution < -0.4 is 21.9 Å². The molecule has 1 aromatic heterocycles. The second kappa shape index (κ2) is 9.34. The van der Waals surface area contributed by atoms with Crippen molar-refractivity contribution in [1.29, 1.82) is 0 Å². The predicted octanol–water partition coefficient (Wildman–Crippen LogP) is 1.31. The molecule has 0 radical (unpaired) electrons. The lowest BCUT2D eigenvalue weighted by molar-refractivity contribution is -0.125. The standard InChI is InChI=1S/C21H35N5O4/c1-4-5-10-25-18(22)17(19(28)23-20(25)29)26(15-8-6-7-9-15)16(27)13-24-11-12-30-14-21(24,2)3/h15H,4-14,22H2,1-3H3,(H,23,28,29). The number of rotatable bonds is 7. The zero-order valence-corrected chi connectivity index (χ0v) is 18.4. The number of hydrogen-bond acceptors (Lipinski definition) is 6. The number of morpholine rings is 1. The predicted molar refractivity (Wildman–Crippen MR) is 117 cm³/mol. The maximum Gasteiger partial charge on any atom is 0.330 e. The Bertz CT molecular complexity index is 869. The van der Waals surface area contributed by atoms with Crippen LogP contribution in [-0.2, 0) is 16.1 Å². The Morgan fingerprint density at radius 3 is 2.63 bits per heavy atom. The minimum absolute atomic E-state index is 0.0813. The highest BCUT2D eigenvalue weighted by Crippen LogP contribution is 2.30. The lowest BCUT2D eigenvalue weighted by atomic mass is 10.0. The molecule has 168 valence electrons. The number of carbonyl (C=O) groups excluding carboxylic acids is 1. The van der Waals surface area contributed by atoms with Crippen molar-refractivity contribution >= 4 is 17.4 Å². The van der Waals surface area contributed by atoms with Crippen LogP contribution in [0.15, 0.2) is 9.59 Å². The number of nitrogens with one attached hydrogen (secondary N) is 1. The minimum Gasteiger partial charge on any atom is -0.383 e. The summed E-state index contributed by atoms with van der Waals surface area (Å²) in [6.45, 7) is 8.48. The van der Waals surface area contributed by atoms with E-state index in [4.69, 9.17) is 10.5 Å². The summed E-state index contributed by atoms with van der Waals surface area (Å²) in [5.74, 6) is -0.0755. The number of carbonyl (C=O) groups is 1. The van der Waals surface area contributed by atoms with Crippen molar-refractivity contribution in [3.8, 4) is 0 Å². The zero-order valence-electron chi connectivity index (χ0n) is 18.4. The van der Waals surface area contributed by atoms with Gasteiger partial charge in [0.05, 0.1) is 19.8 Å². The molecule has 1 aliphatic heterocycles. The first kappa shape index (κ1) is 22.6. The highest BCUT2D eigenvalue weighted by atomic mass is 16.5. The third-order valence-corrected chi connectivity index (χ3v) is 6.29. The molecule has 30 heavy (non-hydrogen) atoms. The highest BCUT2D eigenvalue weighted by molar-refractivity contribution is 5.97. The van der Waals surface area contributed by atoms with E-state index in [-0.39, 0.29) is 35.5 Å². The van der Waals surface area contributed by atoms with Crippen LogP contribution in [0.3, 0.4) is 0 Å². The Hall–Kier alpha value is -2.13. The fraction of sp³-hybridized carbons (Fsp3) is 0.762. The Morgan fingerprint density at radius 2 is 2.00 bits per heavy atom. The van der Waals surface area contributed by atoms with Gasteiger partial charge in [0.2, 0.25) is 5.91 Å². The van der Waals surface area contributed by atoms with Gasteiger partial charge in [0, 0.05) is 24.7 Å². The second-order valence-corrected chi connectivity index (χ2v) is 8.99. The molecule has 1 aromatic rings. The number of aromatic amines is 1. The minimum atomic E-state index is -0.591. The molecule has 2 aliphatic rings. The van der Waals surface area contributed by atoms with Gasteiger partial charge < -0.3 is 15.4 Å². The van der Waals surface area contributed by atoms with Crippen molar-refractivity contribution in [3.63, 3.8) is 0 Å². The lowest BCUT2D eigenvalue weighted by Gasteiger charge is -2.42. The van der Waals surface area contributed by atoms with Crippen molar-refractivity contribution in [3.05, 3.63) is 20.8 Å². The van der Waals surface area contributed by atoms with Crippen LogP contribution in [0.25, 0.3) is 0 Å². The van der Waals surface area contributed by atoms with Gasteiger partial charge in [-0.3, -0.25) is 24.0 Å². The summed E-state index contributed by atoms with van der Waals surface area (Å²) < 4.78 is 6.95. The van der Waals surface area contributed by atoms with Crippen LogP contribution in [0.1, 0.15) is 59.3 Å². The number of nitrogens with zero attached hydrogens (tertiary/aromatic N) is 3. The summed E-state index contributed by atoms with van der Waals surface area (Å²) in [5, 5.41) is 0. The van der Waals surface area contributed by atoms with E-state index in [2.05, 4.69) is 9.88 Å². The lowest BCUT2D eigenvalue weighted by Crippen LogP contribution is -2.57. The van der Waals surface area contributed by atoms with E-state index < -0.39 is 11.2 Å². The molecule has 1 amide bonds. The van der Waals surface area contributed by atoms with Crippen molar-refractivity contribution in [2.24, 2.45) is 0 Å². The molecule has 0 spiro atoms. The van der Waals surface area contributed by atoms with Gasteiger partial charge in [-0.2, -0.15) is 0 Å². The van der Waals surface area contributed by atoms with Gasteiger partial charge >= 0.3 is 5.69 Å². The quantitative estimate of drug-likeness (QED) is 0.686. The zero-order chi connectivity index (χ0) is 21.9. The molecular weight excluding hydrogens is 386 g/mol. The molecule has 1 saturated carbocycles. The van der Waals surface area contributed by atoms with Gasteiger partial charge in [0.1, 0.15) is 5.82 Å². The number of amides is 1. The number of hydrogen-bond donors (Lipinski definition) is 2. The summed E-state index contributed by atoms with van der Waals surface area (Å²) in [6.07, 6.45) is 5.30. The molecule has 0 unspecified atom stereocenters. The third-order valence-electron chi connectivity index (χ3n) is 6.29. The van der Waals surface area contributed by atoms with Crippen molar-refractivity contribution in [2.45, 2.75) is 77.4 Å². The van der Waals surface area contributed by atoms with E-state index in [1.807, 2.05) is 20.8 Å². The maximum absolute atomic E-state index is 13.5. The van der Waals surface area contributed by atoms with Crippen LogP contribution in [0, 0.1) is 0 Å². The summed E-state index contributed by atoms with van der Waals surface area (Å²) in [7, 11) is 0. The Morgan fingerprint density at radius 1 is 1.30 bits per heavy atom. The molecule has 0 aromatic carbocycles. The molecule has 1 saturated heterocycles. The maximum atomic E-state index is 13.5. The van der Waals surface area contributed by atoms with E-state index in [9.17, 15) is 14.4 Å².